The maximum absolute atomic E-state index is 11.5. The molecule has 0 unspecified atom stereocenters. The molecule has 1 saturated carbocycles. The van der Waals surface area contributed by atoms with Gasteiger partial charge in [0.05, 0.1) is 6.20 Å². The van der Waals surface area contributed by atoms with E-state index in [1.165, 1.54) is 19.3 Å². The van der Waals surface area contributed by atoms with Crippen LogP contribution in [0.5, 0.6) is 0 Å². The normalized spacial score (nSPS) is 31.3. The third-order valence-electron chi connectivity index (χ3n) is 4.63. The first-order chi connectivity index (χ1) is 9.15. The van der Waals surface area contributed by atoms with Crippen LogP contribution in [0.3, 0.4) is 0 Å². The molecule has 0 aromatic carbocycles. The van der Waals surface area contributed by atoms with Crippen molar-refractivity contribution < 1.29 is 9.90 Å². The molecule has 3 rings (SSSR count). The topological polar surface area (TPSA) is 58.4 Å². The second kappa shape index (κ2) is 4.96. The van der Waals surface area contributed by atoms with E-state index in [4.69, 9.17) is 0 Å². The van der Waals surface area contributed by atoms with Crippen LogP contribution in [-0.2, 0) is 18.4 Å². The van der Waals surface area contributed by atoms with Crippen LogP contribution in [0.4, 0.5) is 0 Å². The lowest BCUT2D eigenvalue weighted by molar-refractivity contribution is -0.142. The summed E-state index contributed by atoms with van der Waals surface area (Å²) in [6, 6.07) is 0.142. The van der Waals surface area contributed by atoms with Gasteiger partial charge < -0.3 is 5.11 Å². The summed E-state index contributed by atoms with van der Waals surface area (Å²) >= 11 is 0. The standard InChI is InChI=1S/C14H21N3O2/c1-16-8-10(7-15-16)9-17-12-5-3-2-4-11(12)6-13(17)14(18)19/h7-8,11-13H,2-6,9H2,1H3,(H,18,19)/t11-,12+,13-/m0/s1. The first-order valence-electron chi connectivity index (χ1n) is 7.11. The van der Waals surface area contributed by atoms with Crippen molar-refractivity contribution in [2.45, 2.75) is 50.7 Å². The van der Waals surface area contributed by atoms with E-state index in [1.54, 1.807) is 4.68 Å². The lowest BCUT2D eigenvalue weighted by atomic mass is 9.85. The summed E-state index contributed by atoms with van der Waals surface area (Å²) in [6.07, 6.45) is 9.47. The van der Waals surface area contributed by atoms with Crippen molar-refractivity contribution in [2.75, 3.05) is 0 Å². The number of aliphatic carboxylic acids is 1. The third-order valence-corrected chi connectivity index (χ3v) is 4.63. The zero-order chi connectivity index (χ0) is 13.4. The number of aromatic nitrogens is 2. The Balaban J connectivity index is 1.80. The summed E-state index contributed by atoms with van der Waals surface area (Å²) < 4.78 is 1.78. The lowest BCUT2D eigenvalue weighted by Crippen LogP contribution is -2.41. The van der Waals surface area contributed by atoms with Gasteiger partial charge in [0.1, 0.15) is 6.04 Å². The first kappa shape index (κ1) is 12.7. The Bertz CT molecular complexity index is 471. The van der Waals surface area contributed by atoms with E-state index >= 15 is 0 Å². The molecular weight excluding hydrogens is 242 g/mol. The van der Waals surface area contributed by atoms with Crippen molar-refractivity contribution in [2.24, 2.45) is 13.0 Å². The molecule has 1 aliphatic heterocycles. The van der Waals surface area contributed by atoms with Gasteiger partial charge in [-0.2, -0.15) is 5.10 Å². The van der Waals surface area contributed by atoms with Crippen LogP contribution >= 0.6 is 0 Å². The lowest BCUT2D eigenvalue weighted by Gasteiger charge is -2.32. The third kappa shape index (κ3) is 2.39. The Morgan fingerprint density at radius 2 is 2.26 bits per heavy atom. The SMILES string of the molecule is Cn1cc(CN2[C@@H]3CCCC[C@H]3C[C@H]2C(=O)O)cn1. The van der Waals surface area contributed by atoms with Gasteiger partial charge in [-0.3, -0.25) is 14.4 Å². The highest BCUT2D eigenvalue weighted by atomic mass is 16.4. The minimum atomic E-state index is -0.668. The molecule has 1 N–H and O–H groups in total. The first-order valence-corrected chi connectivity index (χ1v) is 7.11. The summed E-state index contributed by atoms with van der Waals surface area (Å²) in [5.41, 5.74) is 1.11. The highest BCUT2D eigenvalue weighted by Gasteiger charge is 2.44. The van der Waals surface area contributed by atoms with Crippen LogP contribution in [-0.4, -0.2) is 37.8 Å². The molecule has 1 aliphatic carbocycles. The van der Waals surface area contributed by atoms with Gasteiger partial charge in [0, 0.05) is 31.4 Å². The van der Waals surface area contributed by atoms with Gasteiger partial charge in [-0.05, 0) is 25.2 Å². The van der Waals surface area contributed by atoms with Crippen molar-refractivity contribution >= 4 is 5.97 Å². The van der Waals surface area contributed by atoms with Crippen molar-refractivity contribution in [1.82, 2.24) is 14.7 Å². The van der Waals surface area contributed by atoms with E-state index in [0.717, 1.165) is 18.4 Å². The minimum Gasteiger partial charge on any atom is -0.480 e. The molecule has 0 bridgehead atoms. The fourth-order valence-electron chi connectivity index (χ4n) is 3.79. The molecule has 3 atom stereocenters. The zero-order valence-electron chi connectivity index (χ0n) is 11.3. The molecule has 2 aliphatic rings. The Morgan fingerprint density at radius 3 is 2.95 bits per heavy atom. The van der Waals surface area contributed by atoms with Crippen molar-refractivity contribution in [1.29, 1.82) is 0 Å². The van der Waals surface area contributed by atoms with Crippen molar-refractivity contribution in [3.05, 3.63) is 18.0 Å². The average molecular weight is 263 g/mol. The van der Waals surface area contributed by atoms with Crippen LogP contribution in [0.1, 0.15) is 37.7 Å². The zero-order valence-corrected chi connectivity index (χ0v) is 11.3. The molecule has 5 heteroatoms. The van der Waals surface area contributed by atoms with Crippen LogP contribution in [0, 0.1) is 5.92 Å². The maximum atomic E-state index is 11.5. The summed E-state index contributed by atoms with van der Waals surface area (Å²) in [4.78, 5) is 13.7. The second-order valence-corrected chi connectivity index (χ2v) is 5.90. The number of hydrogen-bond donors (Lipinski definition) is 1. The van der Waals surface area contributed by atoms with Crippen molar-refractivity contribution in [3.8, 4) is 0 Å². The van der Waals surface area contributed by atoms with Crippen LogP contribution in [0.15, 0.2) is 12.4 Å². The molecular formula is C14H21N3O2. The van der Waals surface area contributed by atoms with E-state index in [2.05, 4.69) is 10.00 Å². The van der Waals surface area contributed by atoms with Crippen molar-refractivity contribution in [3.63, 3.8) is 0 Å². The number of carboxylic acids is 1. The largest absolute Gasteiger partial charge is 0.480 e. The predicted molar refractivity (Wildman–Crippen MR) is 70.5 cm³/mol. The van der Waals surface area contributed by atoms with Crippen LogP contribution < -0.4 is 0 Å². The highest BCUT2D eigenvalue weighted by molar-refractivity contribution is 5.74. The van der Waals surface area contributed by atoms with E-state index in [1.807, 2.05) is 19.4 Å². The fraction of sp³-hybridized carbons (Fsp3) is 0.714. The molecule has 5 nitrogen and oxygen atoms in total. The Labute approximate surface area is 113 Å². The van der Waals surface area contributed by atoms with Gasteiger partial charge in [-0.1, -0.05) is 12.8 Å². The van der Waals surface area contributed by atoms with E-state index in [-0.39, 0.29) is 6.04 Å². The Kier molecular flexibility index (Phi) is 3.31. The number of nitrogens with zero attached hydrogens (tertiary/aromatic N) is 3. The van der Waals surface area contributed by atoms with Gasteiger partial charge in [0.15, 0.2) is 0 Å². The number of rotatable bonds is 3. The number of likely N-dealkylation sites (tertiary alicyclic amines) is 1. The summed E-state index contributed by atoms with van der Waals surface area (Å²) in [7, 11) is 1.89. The average Bonchev–Trinajstić information content (AvgIpc) is 2.95. The van der Waals surface area contributed by atoms with Gasteiger partial charge in [0.2, 0.25) is 0 Å². The maximum Gasteiger partial charge on any atom is 0.320 e. The summed E-state index contributed by atoms with van der Waals surface area (Å²) in [5, 5.41) is 13.6. The number of carbonyl (C=O) groups is 1. The Morgan fingerprint density at radius 1 is 1.47 bits per heavy atom. The molecule has 1 saturated heterocycles. The van der Waals surface area contributed by atoms with Gasteiger partial charge >= 0.3 is 5.97 Å². The molecule has 0 radical (unpaired) electrons. The fourth-order valence-corrected chi connectivity index (χ4v) is 3.79. The Hall–Kier alpha value is -1.36. The molecule has 2 fully saturated rings. The summed E-state index contributed by atoms with van der Waals surface area (Å²) in [5.74, 6) is -0.0928. The summed E-state index contributed by atoms with van der Waals surface area (Å²) in [6.45, 7) is 0.714. The van der Waals surface area contributed by atoms with E-state index in [9.17, 15) is 9.90 Å². The van der Waals surface area contributed by atoms with Gasteiger partial charge in [-0.15, -0.1) is 0 Å². The monoisotopic (exact) mass is 263 g/mol. The minimum absolute atomic E-state index is 0.312. The van der Waals surface area contributed by atoms with E-state index < -0.39 is 5.97 Å². The quantitative estimate of drug-likeness (QED) is 0.900. The smallest absolute Gasteiger partial charge is 0.320 e. The number of fused-ring (bicyclic) bond motifs is 1. The molecule has 1 aromatic heterocycles. The highest BCUT2D eigenvalue weighted by Crippen LogP contribution is 2.40. The van der Waals surface area contributed by atoms with Gasteiger partial charge in [0.25, 0.3) is 0 Å². The van der Waals surface area contributed by atoms with Gasteiger partial charge in [-0.25, -0.2) is 0 Å². The molecule has 104 valence electrons. The van der Waals surface area contributed by atoms with E-state index in [0.29, 0.717) is 18.5 Å². The second-order valence-electron chi connectivity index (χ2n) is 5.90. The number of hydrogen-bond acceptors (Lipinski definition) is 3. The molecule has 1 aromatic rings. The van der Waals surface area contributed by atoms with Crippen LogP contribution in [0.25, 0.3) is 0 Å². The number of carboxylic acid groups (broad SMARTS) is 1. The molecule has 0 spiro atoms. The number of aryl methyl sites for hydroxylation is 1. The molecule has 0 amide bonds. The molecule has 19 heavy (non-hydrogen) atoms. The predicted octanol–water partition coefficient (Wildman–Crippen LogP) is 1.64. The molecule has 2 heterocycles. The van der Waals surface area contributed by atoms with Crippen LogP contribution in [0.2, 0.25) is 0 Å².